The van der Waals surface area contributed by atoms with Gasteiger partial charge in [0, 0.05) is 58.8 Å². The van der Waals surface area contributed by atoms with Crippen LogP contribution in [0.1, 0.15) is 0 Å². The molecule has 0 saturated heterocycles. The topological polar surface area (TPSA) is 82.3 Å². The van der Waals surface area contributed by atoms with Crippen LogP contribution in [0.5, 0.6) is 0 Å². The molecule has 4 aromatic heterocycles. The Morgan fingerprint density at radius 1 is 0.323 bits per heavy atom. The van der Waals surface area contributed by atoms with E-state index in [1.54, 1.807) is 11.3 Å². The third kappa shape index (κ3) is 6.12. The van der Waals surface area contributed by atoms with E-state index >= 15 is 0 Å². The summed E-state index contributed by atoms with van der Waals surface area (Å²) in [7, 11) is 0. The number of fused-ring (bicyclic) bond motifs is 6. The van der Waals surface area contributed by atoms with E-state index in [-0.39, 0.29) is 0 Å². The predicted molar refractivity (Wildman–Crippen MR) is 253 cm³/mol. The van der Waals surface area contributed by atoms with Crippen molar-refractivity contribution < 1.29 is 0 Å². The van der Waals surface area contributed by atoms with Crippen LogP contribution in [0.3, 0.4) is 0 Å². The molecule has 0 saturated carbocycles. The summed E-state index contributed by atoms with van der Waals surface area (Å²) >= 11 is 1.74. The van der Waals surface area contributed by atoms with Crippen molar-refractivity contribution in [2.75, 3.05) is 0 Å². The fourth-order valence-electron chi connectivity index (χ4n) is 8.45. The number of aromatic nitrogens is 7. The second kappa shape index (κ2) is 14.8. The summed E-state index contributed by atoms with van der Waals surface area (Å²) in [6, 6.07) is 68.7. The van der Waals surface area contributed by atoms with Crippen molar-refractivity contribution in [1.82, 2.24) is 34.5 Å². The SMILES string of the molecule is c1ccc(-c2nc(-c3ccccc3)nc(-c3ccc4sc5c(-c6nc(-c7ccccc7)nc(-n7c8ccccc8c8c(-c9ccccc9)cccc87)n6)cccc5c4c3)n2)cc1. The van der Waals surface area contributed by atoms with Crippen molar-refractivity contribution in [1.29, 1.82) is 0 Å². The van der Waals surface area contributed by atoms with E-state index in [0.717, 1.165) is 80.9 Å². The van der Waals surface area contributed by atoms with Crippen molar-refractivity contribution in [2.24, 2.45) is 0 Å². The van der Waals surface area contributed by atoms with Gasteiger partial charge in [-0.15, -0.1) is 11.3 Å². The van der Waals surface area contributed by atoms with E-state index in [1.165, 1.54) is 0 Å². The van der Waals surface area contributed by atoms with Gasteiger partial charge in [0.05, 0.1) is 11.0 Å². The Labute approximate surface area is 360 Å². The van der Waals surface area contributed by atoms with Crippen molar-refractivity contribution >= 4 is 53.3 Å². The number of rotatable bonds is 7. The lowest BCUT2D eigenvalue weighted by molar-refractivity contribution is 0.954. The van der Waals surface area contributed by atoms with Crippen LogP contribution in [0.4, 0.5) is 0 Å². The third-order valence-corrected chi connectivity index (χ3v) is 12.6. The van der Waals surface area contributed by atoms with Gasteiger partial charge in [0.1, 0.15) is 0 Å². The average Bonchev–Trinajstić information content (AvgIpc) is 3.90. The van der Waals surface area contributed by atoms with Gasteiger partial charge in [-0.1, -0.05) is 164 Å². The number of thiophene rings is 1. The first-order valence-corrected chi connectivity index (χ1v) is 21.3. The number of hydrogen-bond acceptors (Lipinski definition) is 7. The lowest BCUT2D eigenvalue weighted by atomic mass is 9.99. The highest BCUT2D eigenvalue weighted by atomic mass is 32.1. The van der Waals surface area contributed by atoms with Crippen LogP contribution < -0.4 is 0 Å². The monoisotopic (exact) mass is 811 g/mol. The zero-order valence-electron chi connectivity index (χ0n) is 33.1. The number of hydrogen-bond donors (Lipinski definition) is 0. The molecule has 0 aliphatic heterocycles. The second-order valence-corrected chi connectivity index (χ2v) is 16.2. The highest BCUT2D eigenvalue weighted by molar-refractivity contribution is 7.26. The standard InChI is InChI=1S/C54H33N7S/c1-5-17-34(18-6-1)39-26-16-30-45-47(39)41-25-13-14-29-44(41)61(45)54-59-51(37-23-11-4-12-24-37)58-53(60-54)42-28-15-27-40-43-33-38(31-32-46(43)62-48(40)42)52-56-49(35-19-7-2-8-20-35)55-50(57-52)36-21-9-3-10-22-36/h1-33H. The molecular formula is C54H33N7S. The molecule has 290 valence electrons. The zero-order valence-corrected chi connectivity index (χ0v) is 33.9. The molecule has 0 atom stereocenters. The fourth-order valence-corrected chi connectivity index (χ4v) is 9.64. The smallest absolute Gasteiger partial charge is 0.238 e. The molecule has 4 heterocycles. The van der Waals surface area contributed by atoms with E-state index in [0.29, 0.717) is 35.1 Å². The highest BCUT2D eigenvalue weighted by Gasteiger charge is 2.22. The summed E-state index contributed by atoms with van der Waals surface area (Å²) in [4.78, 5) is 30.8. The fraction of sp³-hybridized carbons (Fsp3) is 0. The van der Waals surface area contributed by atoms with Gasteiger partial charge in [-0.3, -0.25) is 4.57 Å². The quantitative estimate of drug-likeness (QED) is 0.159. The number of nitrogens with zero attached hydrogens (tertiary/aromatic N) is 7. The van der Waals surface area contributed by atoms with Crippen LogP contribution in [-0.2, 0) is 0 Å². The summed E-state index contributed by atoms with van der Waals surface area (Å²) in [6.07, 6.45) is 0. The molecule has 0 bridgehead atoms. The summed E-state index contributed by atoms with van der Waals surface area (Å²) in [5.74, 6) is 3.65. The summed E-state index contributed by atoms with van der Waals surface area (Å²) < 4.78 is 4.42. The van der Waals surface area contributed by atoms with Gasteiger partial charge in [-0.2, -0.15) is 9.97 Å². The normalized spacial score (nSPS) is 11.5. The Kier molecular flexibility index (Phi) is 8.53. The van der Waals surface area contributed by atoms with E-state index in [9.17, 15) is 0 Å². The molecule has 12 rings (SSSR count). The second-order valence-electron chi connectivity index (χ2n) is 15.1. The van der Waals surface area contributed by atoms with Crippen molar-refractivity contribution in [3.63, 3.8) is 0 Å². The Morgan fingerprint density at radius 3 is 1.47 bits per heavy atom. The molecular weight excluding hydrogens is 779 g/mol. The molecule has 8 heteroatoms. The van der Waals surface area contributed by atoms with Crippen molar-refractivity contribution in [3.05, 3.63) is 200 Å². The first-order chi connectivity index (χ1) is 30.7. The van der Waals surface area contributed by atoms with E-state index in [2.05, 4.69) is 126 Å². The zero-order chi connectivity index (χ0) is 41.0. The average molecular weight is 812 g/mol. The molecule has 0 aliphatic rings. The highest BCUT2D eigenvalue weighted by Crippen LogP contribution is 2.42. The molecule has 0 N–H and O–H groups in total. The predicted octanol–water partition coefficient (Wildman–Crippen LogP) is 13.5. The molecule has 0 unspecified atom stereocenters. The van der Waals surface area contributed by atoms with Gasteiger partial charge in [0.2, 0.25) is 5.95 Å². The first-order valence-electron chi connectivity index (χ1n) is 20.5. The van der Waals surface area contributed by atoms with Crippen LogP contribution in [0.15, 0.2) is 200 Å². The number of para-hydroxylation sites is 1. The van der Waals surface area contributed by atoms with Crippen LogP contribution in [0.25, 0.3) is 116 Å². The van der Waals surface area contributed by atoms with E-state index in [1.807, 2.05) is 78.9 Å². The molecule has 0 amide bonds. The van der Waals surface area contributed by atoms with Gasteiger partial charge in [-0.05, 0) is 47.5 Å². The number of benzene rings is 8. The van der Waals surface area contributed by atoms with Gasteiger partial charge in [0.25, 0.3) is 0 Å². The summed E-state index contributed by atoms with van der Waals surface area (Å²) in [6.45, 7) is 0. The van der Waals surface area contributed by atoms with Crippen LogP contribution in [0.2, 0.25) is 0 Å². The minimum absolute atomic E-state index is 0.559. The van der Waals surface area contributed by atoms with E-state index < -0.39 is 0 Å². The summed E-state index contributed by atoms with van der Waals surface area (Å²) in [5.41, 5.74) is 9.01. The molecule has 62 heavy (non-hydrogen) atoms. The minimum Gasteiger partial charge on any atom is -0.278 e. The molecule has 7 nitrogen and oxygen atoms in total. The molecule has 0 aliphatic carbocycles. The van der Waals surface area contributed by atoms with Crippen molar-refractivity contribution in [3.8, 4) is 74.0 Å². The maximum atomic E-state index is 5.36. The molecule has 8 aromatic carbocycles. The first kappa shape index (κ1) is 35.7. The Hall–Kier alpha value is -8.20. The van der Waals surface area contributed by atoms with Crippen LogP contribution >= 0.6 is 11.3 Å². The lowest BCUT2D eigenvalue weighted by Gasteiger charge is -2.11. The Bertz CT molecular complexity index is 3570. The van der Waals surface area contributed by atoms with Crippen LogP contribution in [-0.4, -0.2) is 34.5 Å². The largest absolute Gasteiger partial charge is 0.278 e. The van der Waals surface area contributed by atoms with Gasteiger partial charge < -0.3 is 0 Å². The molecule has 0 spiro atoms. The van der Waals surface area contributed by atoms with Gasteiger partial charge in [0.15, 0.2) is 29.1 Å². The Balaban J connectivity index is 1.05. The van der Waals surface area contributed by atoms with E-state index in [4.69, 9.17) is 29.9 Å². The lowest BCUT2D eigenvalue weighted by Crippen LogP contribution is -2.06. The molecule has 0 fully saturated rings. The molecule has 12 aromatic rings. The summed E-state index contributed by atoms with van der Waals surface area (Å²) in [5, 5.41) is 4.51. The third-order valence-electron chi connectivity index (χ3n) is 11.3. The van der Waals surface area contributed by atoms with Gasteiger partial charge >= 0.3 is 0 Å². The maximum Gasteiger partial charge on any atom is 0.238 e. The van der Waals surface area contributed by atoms with Gasteiger partial charge in [-0.25, -0.2) is 19.9 Å². The van der Waals surface area contributed by atoms with Crippen LogP contribution in [0, 0.1) is 0 Å². The van der Waals surface area contributed by atoms with Crippen molar-refractivity contribution in [2.45, 2.75) is 0 Å². The molecule has 0 radical (unpaired) electrons. The Morgan fingerprint density at radius 2 is 0.806 bits per heavy atom. The maximum absolute atomic E-state index is 5.36. The minimum atomic E-state index is 0.559.